The number of rotatable bonds is 7. The number of aryl methyl sites for hydroxylation is 1. The van der Waals surface area contributed by atoms with E-state index in [0.717, 1.165) is 18.7 Å². The van der Waals surface area contributed by atoms with Gasteiger partial charge in [-0.2, -0.15) is 0 Å². The summed E-state index contributed by atoms with van der Waals surface area (Å²) in [4.78, 5) is 21.8. The van der Waals surface area contributed by atoms with E-state index in [1.54, 1.807) is 12.4 Å². The molecule has 0 N–H and O–H groups in total. The number of ether oxygens (including phenoxy) is 1. The third-order valence-corrected chi connectivity index (χ3v) is 2.70. The predicted octanol–water partition coefficient (Wildman–Crippen LogP) is 1.68. The fraction of sp³-hybridized carbons (Fsp3) is 0.615. The Balaban J connectivity index is 2.45. The third kappa shape index (κ3) is 4.31. The molecule has 0 fully saturated rings. The van der Waals surface area contributed by atoms with Crippen LogP contribution in [-0.4, -0.2) is 40.5 Å². The Morgan fingerprint density at radius 1 is 1.22 bits per heavy atom. The van der Waals surface area contributed by atoms with Gasteiger partial charge in [0.15, 0.2) is 0 Å². The van der Waals surface area contributed by atoms with E-state index in [4.69, 9.17) is 4.74 Å². The zero-order chi connectivity index (χ0) is 13.4. The lowest BCUT2D eigenvalue weighted by molar-refractivity contribution is -0.130. The van der Waals surface area contributed by atoms with Gasteiger partial charge in [-0.1, -0.05) is 0 Å². The molecular weight excluding hydrogens is 230 g/mol. The first-order valence-corrected chi connectivity index (χ1v) is 6.42. The minimum Gasteiger partial charge on any atom is -0.464 e. The maximum atomic E-state index is 11.8. The van der Waals surface area contributed by atoms with E-state index in [0.29, 0.717) is 25.5 Å². The van der Waals surface area contributed by atoms with Crippen LogP contribution in [0.15, 0.2) is 12.4 Å². The fourth-order valence-electron chi connectivity index (χ4n) is 1.66. The minimum absolute atomic E-state index is 0.175. The van der Waals surface area contributed by atoms with Crippen molar-refractivity contribution in [3.05, 3.63) is 18.0 Å². The smallest absolute Gasteiger partial charge is 0.316 e. The second kappa shape index (κ2) is 7.63. The van der Waals surface area contributed by atoms with Crippen molar-refractivity contribution in [2.24, 2.45) is 0 Å². The van der Waals surface area contributed by atoms with Crippen LogP contribution in [-0.2, 0) is 11.2 Å². The summed E-state index contributed by atoms with van der Waals surface area (Å²) < 4.78 is 5.16. The SMILES string of the molecule is CCOc1ncc(CCC(=O)N(CC)CC)cn1. The van der Waals surface area contributed by atoms with Gasteiger partial charge in [-0.15, -0.1) is 0 Å². The Labute approximate surface area is 108 Å². The van der Waals surface area contributed by atoms with Crippen LogP contribution in [0.1, 0.15) is 32.8 Å². The molecule has 0 saturated heterocycles. The largest absolute Gasteiger partial charge is 0.464 e. The zero-order valence-electron chi connectivity index (χ0n) is 11.3. The highest BCUT2D eigenvalue weighted by molar-refractivity contribution is 5.76. The Morgan fingerprint density at radius 3 is 2.33 bits per heavy atom. The molecule has 0 aliphatic rings. The van der Waals surface area contributed by atoms with E-state index >= 15 is 0 Å². The van der Waals surface area contributed by atoms with Gasteiger partial charge in [-0.25, -0.2) is 9.97 Å². The first-order valence-electron chi connectivity index (χ1n) is 6.42. The molecule has 1 rings (SSSR count). The van der Waals surface area contributed by atoms with Crippen LogP contribution in [0.4, 0.5) is 0 Å². The molecule has 1 aromatic heterocycles. The van der Waals surface area contributed by atoms with Gasteiger partial charge in [0.05, 0.1) is 6.61 Å². The third-order valence-electron chi connectivity index (χ3n) is 2.70. The van der Waals surface area contributed by atoms with E-state index < -0.39 is 0 Å². The second-order valence-corrected chi connectivity index (χ2v) is 3.87. The predicted molar refractivity (Wildman–Crippen MR) is 69.5 cm³/mol. The van der Waals surface area contributed by atoms with Gasteiger partial charge in [0.1, 0.15) is 0 Å². The average molecular weight is 251 g/mol. The molecule has 0 radical (unpaired) electrons. The molecule has 18 heavy (non-hydrogen) atoms. The number of hydrogen-bond donors (Lipinski definition) is 0. The van der Waals surface area contributed by atoms with Crippen LogP contribution in [0.5, 0.6) is 6.01 Å². The number of amides is 1. The lowest BCUT2D eigenvalue weighted by Gasteiger charge is -2.18. The van der Waals surface area contributed by atoms with E-state index in [-0.39, 0.29) is 5.91 Å². The molecule has 0 aliphatic carbocycles. The standard InChI is InChI=1S/C13H21N3O2/c1-4-16(5-2)12(17)8-7-11-9-14-13(15-10-11)18-6-3/h9-10H,4-8H2,1-3H3. The number of carbonyl (C=O) groups is 1. The van der Waals surface area contributed by atoms with Gasteiger partial charge in [0, 0.05) is 31.9 Å². The first-order chi connectivity index (χ1) is 8.71. The number of aromatic nitrogens is 2. The molecule has 1 amide bonds. The van der Waals surface area contributed by atoms with Gasteiger partial charge in [-0.05, 0) is 32.8 Å². The quantitative estimate of drug-likeness (QED) is 0.739. The van der Waals surface area contributed by atoms with Crippen LogP contribution in [0.3, 0.4) is 0 Å². The summed E-state index contributed by atoms with van der Waals surface area (Å²) in [6, 6.07) is 0.385. The number of hydrogen-bond acceptors (Lipinski definition) is 4. The Hall–Kier alpha value is -1.65. The van der Waals surface area contributed by atoms with Crippen molar-refractivity contribution in [3.63, 3.8) is 0 Å². The molecular formula is C13H21N3O2. The summed E-state index contributed by atoms with van der Waals surface area (Å²) in [5, 5.41) is 0. The molecule has 0 spiro atoms. The lowest BCUT2D eigenvalue weighted by Crippen LogP contribution is -2.30. The van der Waals surface area contributed by atoms with Gasteiger partial charge in [-0.3, -0.25) is 4.79 Å². The molecule has 0 atom stereocenters. The van der Waals surface area contributed by atoms with E-state index in [9.17, 15) is 4.79 Å². The van der Waals surface area contributed by atoms with Crippen molar-refractivity contribution in [3.8, 4) is 6.01 Å². The van der Waals surface area contributed by atoms with Crippen molar-refractivity contribution in [1.29, 1.82) is 0 Å². The number of carbonyl (C=O) groups excluding carboxylic acids is 1. The van der Waals surface area contributed by atoms with Gasteiger partial charge >= 0.3 is 6.01 Å². The highest BCUT2D eigenvalue weighted by Gasteiger charge is 2.09. The summed E-state index contributed by atoms with van der Waals surface area (Å²) in [6.45, 7) is 7.94. The maximum absolute atomic E-state index is 11.8. The molecule has 0 bridgehead atoms. The molecule has 0 saturated carbocycles. The van der Waals surface area contributed by atoms with E-state index in [1.165, 1.54) is 0 Å². The molecule has 1 heterocycles. The van der Waals surface area contributed by atoms with Crippen LogP contribution in [0.2, 0.25) is 0 Å². The molecule has 0 aliphatic heterocycles. The van der Waals surface area contributed by atoms with Gasteiger partial charge in [0.25, 0.3) is 0 Å². The Kier molecular flexibility index (Phi) is 6.11. The van der Waals surface area contributed by atoms with Crippen molar-refractivity contribution in [1.82, 2.24) is 14.9 Å². The number of nitrogens with zero attached hydrogens (tertiary/aromatic N) is 3. The van der Waals surface area contributed by atoms with Crippen molar-refractivity contribution < 1.29 is 9.53 Å². The molecule has 0 aromatic carbocycles. The Morgan fingerprint density at radius 2 is 1.83 bits per heavy atom. The Bertz CT molecular complexity index is 361. The van der Waals surface area contributed by atoms with E-state index in [2.05, 4.69) is 9.97 Å². The fourth-order valence-corrected chi connectivity index (χ4v) is 1.66. The summed E-state index contributed by atoms with van der Waals surface area (Å²) >= 11 is 0. The summed E-state index contributed by atoms with van der Waals surface area (Å²) in [7, 11) is 0. The van der Waals surface area contributed by atoms with E-state index in [1.807, 2.05) is 25.7 Å². The van der Waals surface area contributed by atoms with Crippen molar-refractivity contribution in [2.45, 2.75) is 33.6 Å². The first kappa shape index (κ1) is 14.4. The average Bonchev–Trinajstić information content (AvgIpc) is 2.40. The second-order valence-electron chi connectivity index (χ2n) is 3.87. The van der Waals surface area contributed by atoms with Crippen LogP contribution < -0.4 is 4.74 Å². The summed E-state index contributed by atoms with van der Waals surface area (Å²) in [6.07, 6.45) is 4.60. The van der Waals surface area contributed by atoms with Gasteiger partial charge < -0.3 is 9.64 Å². The van der Waals surface area contributed by atoms with Crippen LogP contribution >= 0.6 is 0 Å². The van der Waals surface area contributed by atoms with Gasteiger partial charge in [0.2, 0.25) is 5.91 Å². The molecule has 5 heteroatoms. The van der Waals surface area contributed by atoms with Crippen LogP contribution in [0.25, 0.3) is 0 Å². The van der Waals surface area contributed by atoms with Crippen molar-refractivity contribution in [2.75, 3.05) is 19.7 Å². The summed E-state index contributed by atoms with van der Waals surface area (Å²) in [5.41, 5.74) is 0.957. The molecule has 0 unspecified atom stereocenters. The molecule has 100 valence electrons. The topological polar surface area (TPSA) is 55.3 Å². The minimum atomic E-state index is 0.175. The van der Waals surface area contributed by atoms with Crippen molar-refractivity contribution >= 4 is 5.91 Å². The normalized spacial score (nSPS) is 10.2. The lowest BCUT2D eigenvalue weighted by atomic mass is 10.2. The van der Waals surface area contributed by atoms with Crippen LogP contribution in [0, 0.1) is 0 Å². The highest BCUT2D eigenvalue weighted by Crippen LogP contribution is 2.06. The zero-order valence-corrected chi connectivity index (χ0v) is 11.3. The molecule has 1 aromatic rings. The highest BCUT2D eigenvalue weighted by atomic mass is 16.5. The monoisotopic (exact) mass is 251 g/mol. The summed E-state index contributed by atoms with van der Waals surface area (Å²) in [5.74, 6) is 0.175. The maximum Gasteiger partial charge on any atom is 0.316 e. The molecule has 5 nitrogen and oxygen atoms in total.